The van der Waals surface area contributed by atoms with Crippen LogP contribution in [0.2, 0.25) is 0 Å². The Hall–Kier alpha value is -1.34. The molecule has 0 radical (unpaired) electrons. The molecule has 7 nitrogen and oxygen atoms in total. The zero-order chi connectivity index (χ0) is 19.1. The summed E-state index contributed by atoms with van der Waals surface area (Å²) in [5, 5.41) is 0. The van der Waals surface area contributed by atoms with Crippen molar-refractivity contribution >= 4 is 29.3 Å². The van der Waals surface area contributed by atoms with Crippen molar-refractivity contribution in [1.29, 1.82) is 0 Å². The number of carbonyl (C=O) groups is 3. The molecule has 0 aliphatic carbocycles. The number of halogens is 1. The molecule has 0 aliphatic rings. The van der Waals surface area contributed by atoms with Crippen molar-refractivity contribution in [3.63, 3.8) is 0 Å². The van der Waals surface area contributed by atoms with Gasteiger partial charge in [-0.3, -0.25) is 14.4 Å². The summed E-state index contributed by atoms with van der Waals surface area (Å²) in [5.41, 5.74) is 4.83. The van der Waals surface area contributed by atoms with Crippen LogP contribution in [0.25, 0.3) is 0 Å². The number of primary amides is 1. The lowest BCUT2D eigenvalue weighted by molar-refractivity contribution is -0.147. The van der Waals surface area contributed by atoms with Crippen LogP contribution >= 0.6 is 11.6 Å². The molecule has 2 N–H and O–H groups in total. The lowest BCUT2D eigenvalue weighted by Crippen LogP contribution is -2.56. The molecule has 0 aromatic heterocycles. The Bertz CT molecular complexity index is 457. The Morgan fingerprint density at radius 2 is 1.71 bits per heavy atom. The maximum atomic E-state index is 12.7. The molecular weight excluding hydrogens is 334 g/mol. The Morgan fingerprint density at radius 3 is 2.08 bits per heavy atom. The average molecular weight is 364 g/mol. The van der Waals surface area contributed by atoms with E-state index >= 15 is 0 Å². The number of rotatable bonds is 10. The summed E-state index contributed by atoms with van der Waals surface area (Å²) in [6.45, 7) is 5.49. The first-order valence-corrected chi connectivity index (χ1v) is 8.48. The van der Waals surface area contributed by atoms with E-state index in [-0.39, 0.29) is 18.2 Å². The van der Waals surface area contributed by atoms with Crippen molar-refractivity contribution in [1.82, 2.24) is 9.80 Å². The third-order valence-corrected chi connectivity index (χ3v) is 4.43. The SMILES string of the molecule is CCCC(=O)N(C)C(CCl)C(=O)N(C)[C@@H](CC(C)(C)OC)C(N)=O. The summed E-state index contributed by atoms with van der Waals surface area (Å²) < 4.78 is 5.32. The Balaban J connectivity index is 5.32. The van der Waals surface area contributed by atoms with Crippen molar-refractivity contribution < 1.29 is 19.1 Å². The van der Waals surface area contributed by atoms with Crippen molar-refractivity contribution in [3.8, 4) is 0 Å². The molecule has 0 aromatic rings. The third-order valence-electron chi connectivity index (χ3n) is 4.14. The minimum atomic E-state index is -0.854. The van der Waals surface area contributed by atoms with Gasteiger partial charge in [0.2, 0.25) is 17.7 Å². The number of likely N-dealkylation sites (N-methyl/N-ethyl adjacent to an activating group) is 2. The lowest BCUT2D eigenvalue weighted by Gasteiger charge is -2.35. The highest BCUT2D eigenvalue weighted by Crippen LogP contribution is 2.20. The van der Waals surface area contributed by atoms with E-state index in [1.807, 2.05) is 6.92 Å². The monoisotopic (exact) mass is 363 g/mol. The maximum Gasteiger partial charge on any atom is 0.247 e. The lowest BCUT2D eigenvalue weighted by atomic mass is 9.97. The Morgan fingerprint density at radius 1 is 1.17 bits per heavy atom. The number of ether oxygens (including phenoxy) is 1. The van der Waals surface area contributed by atoms with Crippen LogP contribution in [0.15, 0.2) is 0 Å². The van der Waals surface area contributed by atoms with Gasteiger partial charge in [-0.15, -0.1) is 11.6 Å². The minimum Gasteiger partial charge on any atom is -0.379 e. The molecule has 8 heteroatoms. The summed E-state index contributed by atoms with van der Waals surface area (Å²) in [6.07, 6.45) is 1.24. The minimum absolute atomic E-state index is 0.0612. The molecule has 2 atom stereocenters. The van der Waals surface area contributed by atoms with Crippen molar-refractivity contribution in [2.45, 2.75) is 57.7 Å². The van der Waals surface area contributed by atoms with Crippen molar-refractivity contribution in [3.05, 3.63) is 0 Å². The number of methoxy groups -OCH3 is 1. The van der Waals surface area contributed by atoms with Gasteiger partial charge in [-0.25, -0.2) is 0 Å². The topological polar surface area (TPSA) is 92.9 Å². The molecule has 1 unspecified atom stereocenters. The first-order valence-electron chi connectivity index (χ1n) is 7.95. The van der Waals surface area contributed by atoms with E-state index in [0.717, 1.165) is 0 Å². The maximum absolute atomic E-state index is 12.7. The second kappa shape index (κ2) is 9.84. The molecule has 0 saturated carbocycles. The van der Waals surface area contributed by atoms with Crippen molar-refractivity contribution in [2.24, 2.45) is 5.73 Å². The van der Waals surface area contributed by atoms with E-state index in [9.17, 15) is 14.4 Å². The fourth-order valence-corrected chi connectivity index (χ4v) is 2.60. The molecular formula is C16H30ClN3O4. The fourth-order valence-electron chi connectivity index (χ4n) is 2.27. The predicted molar refractivity (Wildman–Crippen MR) is 93.6 cm³/mol. The van der Waals surface area contributed by atoms with Gasteiger partial charge in [0.1, 0.15) is 12.1 Å². The average Bonchev–Trinajstić information content (AvgIpc) is 2.52. The zero-order valence-electron chi connectivity index (χ0n) is 15.5. The molecule has 0 spiro atoms. The highest BCUT2D eigenvalue weighted by molar-refractivity contribution is 6.20. The first kappa shape index (κ1) is 22.7. The molecule has 24 heavy (non-hydrogen) atoms. The summed E-state index contributed by atoms with van der Waals surface area (Å²) in [5.74, 6) is -1.29. The number of nitrogens with two attached hydrogens (primary N) is 1. The van der Waals surface area contributed by atoms with E-state index in [1.54, 1.807) is 13.8 Å². The zero-order valence-corrected chi connectivity index (χ0v) is 16.2. The second-order valence-electron chi connectivity index (χ2n) is 6.46. The van der Waals surface area contributed by atoms with Crippen LogP contribution in [0.3, 0.4) is 0 Å². The van der Waals surface area contributed by atoms with Crippen LogP contribution in [0.1, 0.15) is 40.0 Å². The fraction of sp³-hybridized carbons (Fsp3) is 0.812. The van der Waals surface area contributed by atoms with E-state index < -0.39 is 29.5 Å². The first-order chi connectivity index (χ1) is 11.0. The van der Waals surface area contributed by atoms with Gasteiger partial charge in [0.05, 0.1) is 11.5 Å². The number of carbonyl (C=O) groups excluding carboxylic acids is 3. The summed E-state index contributed by atoms with van der Waals surface area (Å²) in [6, 6.07) is -1.70. The number of amides is 3. The van der Waals surface area contributed by atoms with Crippen LogP contribution in [0.5, 0.6) is 0 Å². The van der Waals surface area contributed by atoms with Gasteiger partial charge in [0.25, 0.3) is 0 Å². The summed E-state index contributed by atoms with van der Waals surface area (Å²) >= 11 is 5.91. The Labute approximate surface area is 149 Å². The normalized spacial score (nSPS) is 14.0. The van der Waals surface area contributed by atoms with Gasteiger partial charge < -0.3 is 20.3 Å². The second-order valence-corrected chi connectivity index (χ2v) is 6.77. The van der Waals surface area contributed by atoms with Crippen LogP contribution < -0.4 is 5.73 Å². The molecule has 0 bridgehead atoms. The van der Waals surface area contributed by atoms with Crippen LogP contribution in [-0.4, -0.2) is 72.3 Å². The van der Waals surface area contributed by atoms with Gasteiger partial charge in [-0.05, 0) is 20.3 Å². The van der Waals surface area contributed by atoms with E-state index in [2.05, 4.69) is 0 Å². The Kier molecular flexibility index (Phi) is 9.29. The largest absolute Gasteiger partial charge is 0.379 e. The number of hydrogen-bond acceptors (Lipinski definition) is 4. The molecule has 140 valence electrons. The molecule has 0 fully saturated rings. The van der Waals surface area contributed by atoms with E-state index in [1.165, 1.54) is 31.0 Å². The van der Waals surface area contributed by atoms with E-state index in [0.29, 0.717) is 12.8 Å². The molecule has 0 rings (SSSR count). The van der Waals surface area contributed by atoms with Gasteiger partial charge in [-0.1, -0.05) is 6.92 Å². The van der Waals surface area contributed by atoms with Crippen LogP contribution in [-0.2, 0) is 19.1 Å². The van der Waals surface area contributed by atoms with Crippen molar-refractivity contribution in [2.75, 3.05) is 27.1 Å². The highest BCUT2D eigenvalue weighted by Gasteiger charge is 2.36. The standard InChI is InChI=1S/C16H30ClN3O4/c1-7-8-13(21)19(4)12(10-17)15(23)20(5)11(14(18)22)9-16(2,3)24-6/h11-12H,7-10H2,1-6H3,(H2,18,22)/t11-,12?/m0/s1. The number of hydrogen-bond donors (Lipinski definition) is 1. The number of nitrogens with zero attached hydrogens (tertiary/aromatic N) is 2. The van der Waals surface area contributed by atoms with Crippen LogP contribution in [0, 0.1) is 0 Å². The smallest absolute Gasteiger partial charge is 0.247 e. The predicted octanol–water partition coefficient (Wildman–Crippen LogP) is 0.980. The molecule has 0 heterocycles. The van der Waals surface area contributed by atoms with Crippen LogP contribution in [0.4, 0.5) is 0 Å². The van der Waals surface area contributed by atoms with Gasteiger partial charge in [0, 0.05) is 34.0 Å². The van der Waals surface area contributed by atoms with Gasteiger partial charge in [0.15, 0.2) is 0 Å². The highest BCUT2D eigenvalue weighted by atomic mass is 35.5. The quantitative estimate of drug-likeness (QED) is 0.585. The number of alkyl halides is 1. The van der Waals surface area contributed by atoms with Gasteiger partial charge >= 0.3 is 0 Å². The third kappa shape index (κ3) is 6.28. The summed E-state index contributed by atoms with van der Waals surface area (Å²) in [7, 11) is 4.55. The molecule has 0 saturated heterocycles. The summed E-state index contributed by atoms with van der Waals surface area (Å²) in [4.78, 5) is 39.2. The van der Waals surface area contributed by atoms with Gasteiger partial charge in [-0.2, -0.15) is 0 Å². The molecule has 0 aliphatic heterocycles. The molecule has 0 aromatic carbocycles. The molecule has 3 amide bonds. The van der Waals surface area contributed by atoms with E-state index in [4.69, 9.17) is 22.1 Å².